The van der Waals surface area contributed by atoms with E-state index in [1.807, 2.05) is 0 Å². The molecule has 1 N–H and O–H groups in total. The van der Waals surface area contributed by atoms with Gasteiger partial charge in [-0.05, 0) is 64.7 Å². The van der Waals surface area contributed by atoms with Crippen molar-refractivity contribution in [3.05, 3.63) is 0 Å². The van der Waals surface area contributed by atoms with Gasteiger partial charge in [0.2, 0.25) is 0 Å². The lowest BCUT2D eigenvalue weighted by atomic mass is 9.86. The Bertz CT molecular complexity index is 338. The first kappa shape index (κ1) is 14.8. The Morgan fingerprint density at radius 3 is 2.65 bits per heavy atom. The van der Waals surface area contributed by atoms with Gasteiger partial charge in [0.05, 0.1) is 6.10 Å². The maximum absolute atomic E-state index is 9.64. The number of likely N-dealkylation sites (tertiary alicyclic amines) is 3. The van der Waals surface area contributed by atoms with Gasteiger partial charge in [-0.15, -0.1) is 0 Å². The normalized spacial score (nSPS) is 38.2. The number of hydrogen-bond acceptors (Lipinski definition) is 4. The topological polar surface area (TPSA) is 30.0 Å². The van der Waals surface area contributed by atoms with Crippen LogP contribution >= 0.6 is 0 Å². The van der Waals surface area contributed by atoms with Crippen molar-refractivity contribution in [3.63, 3.8) is 0 Å². The van der Waals surface area contributed by atoms with Crippen LogP contribution in [0, 0.1) is 5.41 Å². The van der Waals surface area contributed by atoms with Gasteiger partial charge in [0.1, 0.15) is 0 Å². The molecule has 0 aliphatic carbocycles. The highest BCUT2D eigenvalue weighted by molar-refractivity contribution is 4.96. The van der Waals surface area contributed by atoms with E-state index >= 15 is 0 Å². The highest BCUT2D eigenvalue weighted by Gasteiger charge is 2.42. The molecule has 0 aromatic rings. The van der Waals surface area contributed by atoms with E-state index < -0.39 is 0 Å². The predicted octanol–water partition coefficient (Wildman–Crippen LogP) is 0.859. The number of hydrogen-bond donors (Lipinski definition) is 1. The van der Waals surface area contributed by atoms with Crippen molar-refractivity contribution in [1.82, 2.24) is 14.7 Å². The lowest BCUT2D eigenvalue weighted by Gasteiger charge is -2.27. The van der Waals surface area contributed by atoms with E-state index in [1.165, 1.54) is 52.0 Å². The fourth-order valence-electron chi connectivity index (χ4n) is 4.43. The molecule has 0 aromatic carbocycles. The molecule has 116 valence electrons. The first-order valence-electron chi connectivity index (χ1n) is 8.39. The van der Waals surface area contributed by atoms with E-state index in [0.29, 0.717) is 11.5 Å². The summed E-state index contributed by atoms with van der Waals surface area (Å²) in [5.74, 6) is 0. The van der Waals surface area contributed by atoms with E-state index in [0.717, 1.165) is 19.5 Å². The first-order chi connectivity index (χ1) is 9.56. The van der Waals surface area contributed by atoms with Gasteiger partial charge in [-0.25, -0.2) is 0 Å². The average Bonchev–Trinajstić information content (AvgIpc) is 3.10. The first-order valence-corrected chi connectivity index (χ1v) is 8.39. The predicted molar refractivity (Wildman–Crippen MR) is 81.9 cm³/mol. The van der Waals surface area contributed by atoms with Gasteiger partial charge in [-0.1, -0.05) is 0 Å². The Morgan fingerprint density at radius 2 is 2.00 bits per heavy atom. The molecule has 3 heterocycles. The van der Waals surface area contributed by atoms with Crippen molar-refractivity contribution in [2.75, 3.05) is 52.9 Å². The molecule has 4 heteroatoms. The molecular formula is C16H31N3O. The van der Waals surface area contributed by atoms with Crippen molar-refractivity contribution in [3.8, 4) is 0 Å². The molecule has 0 bridgehead atoms. The summed E-state index contributed by atoms with van der Waals surface area (Å²) in [4.78, 5) is 7.64. The van der Waals surface area contributed by atoms with Crippen molar-refractivity contribution < 1.29 is 5.11 Å². The number of nitrogens with zero attached hydrogens (tertiary/aromatic N) is 3. The Labute approximate surface area is 123 Å². The Kier molecular flexibility index (Phi) is 4.37. The van der Waals surface area contributed by atoms with Gasteiger partial charge in [0, 0.05) is 32.2 Å². The van der Waals surface area contributed by atoms with Crippen LogP contribution in [0.2, 0.25) is 0 Å². The molecular weight excluding hydrogens is 250 g/mol. The Hall–Kier alpha value is -0.160. The third-order valence-corrected chi connectivity index (χ3v) is 5.83. The molecule has 3 aliphatic rings. The molecule has 3 fully saturated rings. The van der Waals surface area contributed by atoms with Crippen LogP contribution in [0.1, 0.15) is 32.6 Å². The van der Waals surface area contributed by atoms with E-state index in [9.17, 15) is 5.11 Å². The van der Waals surface area contributed by atoms with Crippen molar-refractivity contribution >= 4 is 0 Å². The van der Waals surface area contributed by atoms with E-state index in [1.54, 1.807) is 0 Å². The molecule has 0 radical (unpaired) electrons. The second-order valence-corrected chi connectivity index (χ2v) is 7.59. The third-order valence-electron chi connectivity index (χ3n) is 5.83. The zero-order valence-electron chi connectivity index (χ0n) is 13.2. The van der Waals surface area contributed by atoms with Gasteiger partial charge in [0.25, 0.3) is 0 Å². The summed E-state index contributed by atoms with van der Waals surface area (Å²) >= 11 is 0. The van der Waals surface area contributed by atoms with Crippen LogP contribution in [0.4, 0.5) is 0 Å². The van der Waals surface area contributed by atoms with Gasteiger partial charge < -0.3 is 14.9 Å². The Morgan fingerprint density at radius 1 is 1.20 bits per heavy atom. The van der Waals surface area contributed by atoms with Crippen molar-refractivity contribution in [2.45, 2.75) is 44.8 Å². The van der Waals surface area contributed by atoms with Crippen molar-refractivity contribution in [1.29, 1.82) is 0 Å². The lowest BCUT2D eigenvalue weighted by Crippen LogP contribution is -2.36. The molecule has 3 unspecified atom stereocenters. The molecule has 0 saturated carbocycles. The van der Waals surface area contributed by atoms with Crippen molar-refractivity contribution in [2.24, 2.45) is 5.41 Å². The summed E-state index contributed by atoms with van der Waals surface area (Å²) in [5.41, 5.74) is 0.613. The molecule has 4 nitrogen and oxygen atoms in total. The van der Waals surface area contributed by atoms with Crippen LogP contribution in [0.25, 0.3) is 0 Å². The van der Waals surface area contributed by atoms with E-state index in [2.05, 4.69) is 28.7 Å². The maximum Gasteiger partial charge on any atom is 0.0679 e. The minimum atomic E-state index is -0.0819. The molecule has 3 saturated heterocycles. The molecule has 0 amide bonds. The minimum absolute atomic E-state index is 0.0819. The molecule has 0 aromatic heterocycles. The zero-order valence-corrected chi connectivity index (χ0v) is 13.2. The summed E-state index contributed by atoms with van der Waals surface area (Å²) < 4.78 is 0. The Balaban J connectivity index is 1.41. The van der Waals surface area contributed by atoms with Crippen LogP contribution in [-0.4, -0.2) is 84.8 Å². The smallest absolute Gasteiger partial charge is 0.0679 e. The van der Waals surface area contributed by atoms with Gasteiger partial charge in [-0.3, -0.25) is 4.90 Å². The highest BCUT2D eigenvalue weighted by atomic mass is 16.3. The summed E-state index contributed by atoms with van der Waals surface area (Å²) in [6.07, 6.45) is 4.92. The average molecular weight is 281 g/mol. The third kappa shape index (κ3) is 3.19. The minimum Gasteiger partial charge on any atom is -0.392 e. The number of aliphatic hydroxyl groups excluding tert-OH is 1. The quantitative estimate of drug-likeness (QED) is 0.828. The van der Waals surface area contributed by atoms with Gasteiger partial charge in [0.15, 0.2) is 0 Å². The SMILES string of the molecule is CC(CCN1CCC2(CCN(C)C2)C1)N1CCC(O)C1. The molecule has 3 rings (SSSR count). The molecule has 20 heavy (non-hydrogen) atoms. The second-order valence-electron chi connectivity index (χ2n) is 7.59. The summed E-state index contributed by atoms with van der Waals surface area (Å²) in [6, 6.07) is 0.620. The lowest BCUT2D eigenvalue weighted by molar-refractivity contribution is 0.153. The van der Waals surface area contributed by atoms with Crippen LogP contribution in [0.5, 0.6) is 0 Å². The second kappa shape index (κ2) is 5.91. The van der Waals surface area contributed by atoms with Gasteiger partial charge >= 0.3 is 0 Å². The summed E-state index contributed by atoms with van der Waals surface area (Å²) in [7, 11) is 2.26. The zero-order chi connectivity index (χ0) is 14.2. The highest BCUT2D eigenvalue weighted by Crippen LogP contribution is 2.38. The van der Waals surface area contributed by atoms with Crippen LogP contribution in [0.3, 0.4) is 0 Å². The summed E-state index contributed by atoms with van der Waals surface area (Å²) in [6.45, 7) is 10.7. The molecule has 3 atom stereocenters. The van der Waals surface area contributed by atoms with Crippen LogP contribution < -0.4 is 0 Å². The fourth-order valence-corrected chi connectivity index (χ4v) is 4.43. The monoisotopic (exact) mass is 281 g/mol. The number of aliphatic hydroxyl groups is 1. The van der Waals surface area contributed by atoms with E-state index in [4.69, 9.17) is 0 Å². The largest absolute Gasteiger partial charge is 0.392 e. The summed E-state index contributed by atoms with van der Waals surface area (Å²) in [5, 5.41) is 9.64. The van der Waals surface area contributed by atoms with E-state index in [-0.39, 0.29) is 6.10 Å². The van der Waals surface area contributed by atoms with Crippen LogP contribution in [-0.2, 0) is 0 Å². The fraction of sp³-hybridized carbons (Fsp3) is 1.00. The van der Waals surface area contributed by atoms with Crippen LogP contribution in [0.15, 0.2) is 0 Å². The molecule has 3 aliphatic heterocycles. The number of rotatable bonds is 4. The van der Waals surface area contributed by atoms with Gasteiger partial charge in [-0.2, -0.15) is 0 Å². The standard InChI is InChI=1S/C16H31N3O/c1-14(19-8-4-15(20)11-19)3-7-18-10-6-16(13-18)5-9-17(2)12-16/h14-15,20H,3-13H2,1-2H3. The number of β-amino-alcohol motifs (C(OH)–C–C–N with tert-alkyl or cyclic N) is 1. The maximum atomic E-state index is 9.64. The molecule has 1 spiro atoms.